The van der Waals surface area contributed by atoms with Crippen LogP contribution < -0.4 is 4.72 Å². The van der Waals surface area contributed by atoms with Crippen molar-refractivity contribution < 1.29 is 16.8 Å². The molecule has 0 unspecified atom stereocenters. The minimum absolute atomic E-state index is 0.127. The van der Waals surface area contributed by atoms with Crippen LogP contribution in [0.5, 0.6) is 0 Å². The molecule has 30 heavy (non-hydrogen) atoms. The molecule has 1 fully saturated rings. The van der Waals surface area contributed by atoms with Gasteiger partial charge in [0.05, 0.1) is 15.5 Å². The summed E-state index contributed by atoms with van der Waals surface area (Å²) in [6.07, 6.45) is 2.70. The lowest BCUT2D eigenvalue weighted by atomic mass is 10.1. The molecule has 158 valence electrons. The van der Waals surface area contributed by atoms with E-state index in [4.69, 9.17) is 0 Å². The number of nitrogens with one attached hydrogen (secondary N) is 1. The molecule has 4 rings (SSSR count). The van der Waals surface area contributed by atoms with Gasteiger partial charge in [0.15, 0.2) is 0 Å². The Balaban J connectivity index is 1.66. The number of aryl methyl sites for hydroxylation is 1. The van der Waals surface area contributed by atoms with E-state index in [0.717, 1.165) is 30.0 Å². The van der Waals surface area contributed by atoms with Gasteiger partial charge >= 0.3 is 0 Å². The van der Waals surface area contributed by atoms with Gasteiger partial charge in [-0.15, -0.1) is 0 Å². The van der Waals surface area contributed by atoms with Crippen molar-refractivity contribution in [2.45, 2.75) is 36.0 Å². The predicted molar refractivity (Wildman–Crippen MR) is 119 cm³/mol. The molecule has 8 heteroatoms. The van der Waals surface area contributed by atoms with E-state index in [-0.39, 0.29) is 15.5 Å². The smallest absolute Gasteiger partial charge is 0.261 e. The average molecular weight is 445 g/mol. The summed E-state index contributed by atoms with van der Waals surface area (Å²) in [5.74, 6) is 0. The molecule has 0 aromatic heterocycles. The van der Waals surface area contributed by atoms with Gasteiger partial charge in [0.25, 0.3) is 10.0 Å². The van der Waals surface area contributed by atoms with Crippen LogP contribution in [-0.4, -0.2) is 34.2 Å². The van der Waals surface area contributed by atoms with E-state index in [1.54, 1.807) is 37.3 Å². The first-order valence-corrected chi connectivity index (χ1v) is 12.8. The van der Waals surface area contributed by atoms with E-state index in [9.17, 15) is 16.8 Å². The maximum absolute atomic E-state index is 13.1. The molecule has 0 aliphatic carbocycles. The van der Waals surface area contributed by atoms with E-state index in [2.05, 4.69) is 4.72 Å². The summed E-state index contributed by atoms with van der Waals surface area (Å²) in [6.45, 7) is 2.71. The van der Waals surface area contributed by atoms with Crippen molar-refractivity contribution in [1.29, 1.82) is 0 Å². The Morgan fingerprint density at radius 1 is 0.800 bits per heavy atom. The molecule has 0 spiro atoms. The van der Waals surface area contributed by atoms with Gasteiger partial charge in [-0.2, -0.15) is 4.31 Å². The lowest BCUT2D eigenvalue weighted by Crippen LogP contribution is -2.36. The molecule has 0 amide bonds. The highest BCUT2D eigenvalue weighted by atomic mass is 32.2. The first-order valence-electron chi connectivity index (χ1n) is 9.90. The molecule has 0 saturated carbocycles. The fourth-order valence-corrected chi connectivity index (χ4v) is 6.59. The molecular formula is C22H24N2O4S2. The van der Waals surface area contributed by atoms with Crippen molar-refractivity contribution in [1.82, 2.24) is 4.31 Å². The third kappa shape index (κ3) is 4.08. The van der Waals surface area contributed by atoms with Crippen molar-refractivity contribution in [3.05, 3.63) is 66.2 Å². The maximum Gasteiger partial charge on any atom is 0.261 e. The number of benzene rings is 3. The molecule has 1 heterocycles. The first kappa shape index (κ1) is 20.8. The Morgan fingerprint density at radius 3 is 2.23 bits per heavy atom. The van der Waals surface area contributed by atoms with Crippen LogP contribution in [0.2, 0.25) is 0 Å². The van der Waals surface area contributed by atoms with Gasteiger partial charge in [-0.05, 0) is 60.4 Å². The van der Waals surface area contributed by atoms with E-state index < -0.39 is 20.0 Å². The average Bonchev–Trinajstić information content (AvgIpc) is 2.75. The van der Waals surface area contributed by atoms with Crippen molar-refractivity contribution >= 4 is 36.5 Å². The Hall–Kier alpha value is -2.42. The number of piperidine rings is 1. The van der Waals surface area contributed by atoms with Crippen LogP contribution in [0.1, 0.15) is 24.8 Å². The zero-order valence-corrected chi connectivity index (χ0v) is 18.3. The van der Waals surface area contributed by atoms with Crippen LogP contribution in [0, 0.1) is 6.92 Å². The van der Waals surface area contributed by atoms with Crippen molar-refractivity contribution in [2.75, 3.05) is 17.8 Å². The molecule has 3 aromatic carbocycles. The SMILES string of the molecule is Cc1ccc(NS(=O)(=O)c2ccc3ccccc3c2)cc1S(=O)(=O)N1CCCCC1. The Labute approximate surface area is 177 Å². The number of rotatable bonds is 5. The minimum atomic E-state index is -3.86. The van der Waals surface area contributed by atoms with E-state index in [1.807, 2.05) is 24.3 Å². The summed E-state index contributed by atoms with van der Waals surface area (Å²) in [4.78, 5) is 0.269. The highest BCUT2D eigenvalue weighted by Crippen LogP contribution is 2.28. The lowest BCUT2D eigenvalue weighted by molar-refractivity contribution is 0.346. The fraction of sp³-hybridized carbons (Fsp3) is 0.273. The van der Waals surface area contributed by atoms with E-state index in [1.165, 1.54) is 10.4 Å². The summed E-state index contributed by atoms with van der Waals surface area (Å²) in [5.41, 5.74) is 0.818. The second kappa shape index (κ2) is 8.02. The minimum Gasteiger partial charge on any atom is -0.280 e. The standard InChI is InChI=1S/C22H24N2O4S2/c1-17-9-11-20(16-22(17)30(27,28)24-13-5-2-6-14-24)23-29(25,26)21-12-10-18-7-3-4-8-19(18)15-21/h3-4,7-12,15-16,23H,2,5-6,13-14H2,1H3. The number of nitrogens with zero attached hydrogens (tertiary/aromatic N) is 1. The van der Waals surface area contributed by atoms with Gasteiger partial charge in [0, 0.05) is 13.1 Å². The molecule has 1 saturated heterocycles. The Bertz CT molecular complexity index is 1300. The van der Waals surface area contributed by atoms with Gasteiger partial charge in [0.1, 0.15) is 0 Å². The molecule has 1 aliphatic rings. The zero-order chi connectivity index (χ0) is 21.4. The third-order valence-electron chi connectivity index (χ3n) is 5.40. The third-order valence-corrected chi connectivity index (χ3v) is 8.82. The fourth-order valence-electron chi connectivity index (χ4n) is 3.73. The molecule has 0 radical (unpaired) electrons. The molecule has 3 aromatic rings. The van der Waals surface area contributed by atoms with Crippen molar-refractivity contribution in [3.8, 4) is 0 Å². The first-order chi connectivity index (χ1) is 14.3. The summed E-state index contributed by atoms with van der Waals surface area (Å²) in [5, 5.41) is 1.76. The number of fused-ring (bicyclic) bond motifs is 1. The Morgan fingerprint density at radius 2 is 1.50 bits per heavy atom. The highest BCUT2D eigenvalue weighted by molar-refractivity contribution is 7.92. The molecule has 0 atom stereocenters. The topological polar surface area (TPSA) is 83.5 Å². The molecule has 1 N–H and O–H groups in total. The van der Waals surface area contributed by atoms with Gasteiger partial charge in [-0.3, -0.25) is 4.72 Å². The quantitative estimate of drug-likeness (QED) is 0.642. The van der Waals surface area contributed by atoms with Crippen molar-refractivity contribution in [2.24, 2.45) is 0 Å². The van der Waals surface area contributed by atoms with E-state index in [0.29, 0.717) is 18.7 Å². The van der Waals surface area contributed by atoms with Gasteiger partial charge in [0.2, 0.25) is 10.0 Å². The van der Waals surface area contributed by atoms with Crippen LogP contribution in [0.15, 0.2) is 70.5 Å². The van der Waals surface area contributed by atoms with Gasteiger partial charge in [-0.25, -0.2) is 16.8 Å². The van der Waals surface area contributed by atoms with Crippen LogP contribution in [-0.2, 0) is 20.0 Å². The summed E-state index contributed by atoms with van der Waals surface area (Å²) >= 11 is 0. The number of hydrogen-bond donors (Lipinski definition) is 1. The highest BCUT2D eigenvalue weighted by Gasteiger charge is 2.28. The molecule has 0 bridgehead atoms. The number of anilines is 1. The summed E-state index contributed by atoms with van der Waals surface area (Å²) < 4.78 is 56.0. The predicted octanol–water partition coefficient (Wildman–Crippen LogP) is 4.12. The normalized spacial score (nSPS) is 15.9. The number of sulfonamides is 2. The van der Waals surface area contributed by atoms with E-state index >= 15 is 0 Å². The lowest BCUT2D eigenvalue weighted by Gasteiger charge is -2.26. The van der Waals surface area contributed by atoms with Gasteiger partial charge < -0.3 is 0 Å². The zero-order valence-electron chi connectivity index (χ0n) is 16.7. The van der Waals surface area contributed by atoms with Crippen LogP contribution in [0.25, 0.3) is 10.8 Å². The second-order valence-electron chi connectivity index (χ2n) is 7.56. The largest absolute Gasteiger partial charge is 0.280 e. The molecule has 1 aliphatic heterocycles. The molecule has 6 nitrogen and oxygen atoms in total. The van der Waals surface area contributed by atoms with Gasteiger partial charge in [-0.1, -0.05) is 42.8 Å². The monoisotopic (exact) mass is 444 g/mol. The second-order valence-corrected chi connectivity index (χ2v) is 11.1. The van der Waals surface area contributed by atoms with Crippen molar-refractivity contribution in [3.63, 3.8) is 0 Å². The maximum atomic E-state index is 13.1. The van der Waals surface area contributed by atoms with Crippen LogP contribution in [0.4, 0.5) is 5.69 Å². The van der Waals surface area contributed by atoms with Crippen LogP contribution >= 0.6 is 0 Å². The Kier molecular flexibility index (Phi) is 5.57. The summed E-state index contributed by atoms with van der Waals surface area (Å²) in [7, 11) is -7.53. The van der Waals surface area contributed by atoms with Crippen LogP contribution in [0.3, 0.4) is 0 Å². The number of hydrogen-bond acceptors (Lipinski definition) is 4. The molecular weight excluding hydrogens is 420 g/mol. The summed E-state index contributed by atoms with van der Waals surface area (Å²) in [6, 6.07) is 17.1.